The van der Waals surface area contributed by atoms with Crippen LogP contribution in [-0.4, -0.2) is 22.4 Å². The van der Waals surface area contributed by atoms with E-state index in [0.717, 1.165) is 0 Å². The highest BCUT2D eigenvalue weighted by molar-refractivity contribution is 7.93. The lowest BCUT2D eigenvalue weighted by Gasteiger charge is -1.92. The molecule has 0 aliphatic carbocycles. The molecule has 7 nitrogen and oxygen atoms in total. The second kappa shape index (κ2) is 7.74. The first kappa shape index (κ1) is 17.1. The normalized spacial score (nSPS) is 10.4. The van der Waals surface area contributed by atoms with Crippen LogP contribution in [0.3, 0.4) is 0 Å². The molecule has 112 valence electrons. The van der Waals surface area contributed by atoms with E-state index in [-0.39, 0.29) is 10.6 Å². The second-order valence-corrected chi connectivity index (χ2v) is 5.71. The zero-order chi connectivity index (χ0) is 15.9. The molecule has 2 rings (SSSR count). The third kappa shape index (κ3) is 5.92. The number of hydrogen-bond acceptors (Lipinski definition) is 6. The molecule has 0 radical (unpaired) electrons. The highest BCUT2D eigenvalue weighted by Crippen LogP contribution is 2.19. The van der Waals surface area contributed by atoms with Crippen LogP contribution in [0.1, 0.15) is 0 Å². The van der Waals surface area contributed by atoms with Gasteiger partial charge in [-0.25, -0.2) is 0 Å². The van der Waals surface area contributed by atoms with Gasteiger partial charge in [-0.3, -0.25) is 14.7 Å². The van der Waals surface area contributed by atoms with Crippen molar-refractivity contribution in [2.45, 2.75) is 9.79 Å². The highest BCUT2D eigenvalue weighted by Gasteiger charge is 2.06. The molecule has 0 spiro atoms. The molecule has 0 aromatic heterocycles. The fourth-order valence-electron chi connectivity index (χ4n) is 1.25. The van der Waals surface area contributed by atoms with E-state index < -0.39 is 15.0 Å². The quantitative estimate of drug-likeness (QED) is 0.384. The van der Waals surface area contributed by atoms with Crippen molar-refractivity contribution in [2.75, 3.05) is 0 Å². The number of benzene rings is 2. The fourth-order valence-corrected chi connectivity index (χ4v) is 2.06. The Hall–Kier alpha value is -1.94. The lowest BCUT2D eigenvalue weighted by molar-refractivity contribution is -0.385. The van der Waals surface area contributed by atoms with Crippen LogP contribution < -0.4 is 0 Å². The van der Waals surface area contributed by atoms with Crippen molar-refractivity contribution in [3.63, 3.8) is 0 Å². The number of hydrogen-bond donors (Lipinski definition) is 2. The molecule has 0 saturated carbocycles. The molecule has 21 heavy (non-hydrogen) atoms. The lowest BCUT2D eigenvalue weighted by atomic mass is 10.3. The SMILES string of the molecule is O=S(=O)(O)c1ccccc1.O=[N+]([O-])c1cccc(SO)c1. The monoisotopic (exact) mass is 329 g/mol. The third-order valence-corrected chi connectivity index (χ3v) is 3.51. The van der Waals surface area contributed by atoms with Crippen molar-refractivity contribution < 1.29 is 22.4 Å². The van der Waals surface area contributed by atoms with Crippen molar-refractivity contribution in [2.24, 2.45) is 0 Å². The number of nitro benzene ring substituents is 1. The van der Waals surface area contributed by atoms with E-state index in [2.05, 4.69) is 0 Å². The summed E-state index contributed by atoms with van der Waals surface area (Å²) in [5.74, 6) is 0. The zero-order valence-corrected chi connectivity index (χ0v) is 12.1. The summed E-state index contributed by atoms with van der Waals surface area (Å²) in [6.45, 7) is 0. The van der Waals surface area contributed by atoms with Crippen molar-refractivity contribution >= 4 is 27.8 Å². The van der Waals surface area contributed by atoms with E-state index in [1.165, 1.54) is 30.3 Å². The van der Waals surface area contributed by atoms with Gasteiger partial charge >= 0.3 is 0 Å². The van der Waals surface area contributed by atoms with Gasteiger partial charge in [0.1, 0.15) is 0 Å². The summed E-state index contributed by atoms with van der Waals surface area (Å²) in [6, 6.07) is 13.2. The second-order valence-electron chi connectivity index (χ2n) is 3.63. The predicted octanol–water partition coefficient (Wildman–Crippen LogP) is 3.09. The van der Waals surface area contributed by atoms with Crippen LogP contribution in [0.4, 0.5) is 5.69 Å². The molecule has 2 aromatic carbocycles. The number of nitrogens with zero attached hydrogens (tertiary/aromatic N) is 1. The van der Waals surface area contributed by atoms with Gasteiger partial charge in [0.15, 0.2) is 0 Å². The minimum Gasteiger partial charge on any atom is -0.325 e. The zero-order valence-electron chi connectivity index (χ0n) is 10.5. The van der Waals surface area contributed by atoms with E-state index in [1.807, 2.05) is 0 Å². The van der Waals surface area contributed by atoms with E-state index in [9.17, 15) is 18.5 Å². The molecule has 0 saturated heterocycles. The maximum atomic E-state index is 10.4. The van der Waals surface area contributed by atoms with Crippen LogP contribution in [0.15, 0.2) is 64.4 Å². The molecule has 0 unspecified atom stereocenters. The van der Waals surface area contributed by atoms with E-state index in [0.29, 0.717) is 16.9 Å². The van der Waals surface area contributed by atoms with Gasteiger partial charge < -0.3 is 4.55 Å². The minimum atomic E-state index is -4.00. The molecule has 0 fully saturated rings. The maximum absolute atomic E-state index is 10.4. The average Bonchev–Trinajstić information content (AvgIpc) is 2.48. The smallest absolute Gasteiger partial charge is 0.294 e. The van der Waals surface area contributed by atoms with Gasteiger partial charge in [-0.1, -0.05) is 24.3 Å². The summed E-state index contributed by atoms with van der Waals surface area (Å²) in [7, 11) is -4.00. The summed E-state index contributed by atoms with van der Waals surface area (Å²) in [6.07, 6.45) is 0. The van der Waals surface area contributed by atoms with E-state index >= 15 is 0 Å². The van der Waals surface area contributed by atoms with Crippen molar-refractivity contribution in [1.82, 2.24) is 0 Å². The molecule has 0 bridgehead atoms. The molecule has 0 heterocycles. The average molecular weight is 329 g/mol. The largest absolute Gasteiger partial charge is 0.325 e. The standard InChI is InChI=1S/C6H5NO3S.C6H6O3S/c8-7(9)5-2-1-3-6(4-5)11-10;7-10(8,9)6-4-2-1-3-5-6/h1-4,10H;1-5H,(H,7,8,9). The van der Waals surface area contributed by atoms with Gasteiger partial charge in [0, 0.05) is 29.1 Å². The lowest BCUT2D eigenvalue weighted by Crippen LogP contribution is -1.96. The molecule has 9 heteroatoms. The summed E-state index contributed by atoms with van der Waals surface area (Å²) in [4.78, 5) is 10.1. The maximum Gasteiger partial charge on any atom is 0.294 e. The van der Waals surface area contributed by atoms with Gasteiger partial charge in [0.25, 0.3) is 15.8 Å². The van der Waals surface area contributed by atoms with E-state index in [1.54, 1.807) is 24.3 Å². The Morgan fingerprint density at radius 1 is 1.05 bits per heavy atom. The molecular weight excluding hydrogens is 318 g/mol. The van der Waals surface area contributed by atoms with Gasteiger partial charge in [0.05, 0.1) is 9.82 Å². The van der Waals surface area contributed by atoms with Gasteiger partial charge in [-0.2, -0.15) is 8.42 Å². The Bertz CT molecular complexity index is 703. The fraction of sp³-hybridized carbons (Fsp3) is 0. The predicted molar refractivity (Wildman–Crippen MR) is 77.8 cm³/mol. The topological polar surface area (TPSA) is 118 Å². The van der Waals surface area contributed by atoms with Crippen LogP contribution in [0, 0.1) is 10.1 Å². The highest BCUT2D eigenvalue weighted by atomic mass is 32.2. The van der Waals surface area contributed by atoms with E-state index in [4.69, 9.17) is 9.11 Å². The van der Waals surface area contributed by atoms with Crippen molar-refractivity contribution in [3.05, 3.63) is 64.7 Å². The number of rotatable bonds is 3. The Labute approximate surface area is 125 Å². The van der Waals surface area contributed by atoms with Crippen LogP contribution in [-0.2, 0) is 10.1 Å². The van der Waals surface area contributed by atoms with Crippen molar-refractivity contribution in [3.8, 4) is 0 Å². The summed E-state index contributed by atoms with van der Waals surface area (Å²) < 4.78 is 37.8. The third-order valence-electron chi connectivity index (χ3n) is 2.17. The summed E-state index contributed by atoms with van der Waals surface area (Å²) in [5.41, 5.74) is -0.0101. The van der Waals surface area contributed by atoms with Crippen LogP contribution in [0.2, 0.25) is 0 Å². The number of non-ortho nitro benzene ring substituents is 1. The minimum absolute atomic E-state index is 0.0101. The van der Waals surface area contributed by atoms with Gasteiger partial charge in [-0.15, -0.1) is 0 Å². The molecular formula is C12H11NO6S2. The molecule has 2 aromatic rings. The summed E-state index contributed by atoms with van der Waals surface area (Å²) in [5, 5.41) is 10.2. The molecule has 2 N–H and O–H groups in total. The molecule has 0 amide bonds. The Balaban J connectivity index is 0.000000211. The molecule has 0 aliphatic heterocycles. The first-order valence-electron chi connectivity index (χ1n) is 5.43. The van der Waals surface area contributed by atoms with Crippen LogP contribution in [0.25, 0.3) is 0 Å². The first-order chi connectivity index (χ1) is 9.84. The van der Waals surface area contributed by atoms with Crippen LogP contribution >= 0.6 is 12.0 Å². The van der Waals surface area contributed by atoms with Crippen molar-refractivity contribution in [1.29, 1.82) is 0 Å². The first-order valence-corrected chi connectivity index (χ1v) is 7.64. The molecule has 0 aliphatic rings. The van der Waals surface area contributed by atoms with Gasteiger partial charge in [0.2, 0.25) is 0 Å². The van der Waals surface area contributed by atoms with Gasteiger partial charge in [-0.05, 0) is 18.2 Å². The summed E-state index contributed by atoms with van der Waals surface area (Å²) >= 11 is 0.496. The number of nitro groups is 1. The Morgan fingerprint density at radius 2 is 1.67 bits per heavy atom. The Kier molecular flexibility index (Phi) is 6.31. The van der Waals surface area contributed by atoms with Crippen LogP contribution in [0.5, 0.6) is 0 Å². The Morgan fingerprint density at radius 3 is 2.10 bits per heavy atom. The molecule has 0 atom stereocenters.